The first-order chi connectivity index (χ1) is 9.62. The summed E-state index contributed by atoms with van der Waals surface area (Å²) in [5, 5.41) is 0.180. The predicted octanol–water partition coefficient (Wildman–Crippen LogP) is 2.94. The van der Waals surface area contributed by atoms with Crippen LogP contribution in [0.15, 0.2) is 18.3 Å². The van der Waals surface area contributed by atoms with Crippen molar-refractivity contribution in [2.24, 2.45) is 5.73 Å². The Morgan fingerprint density at radius 2 is 1.95 bits per heavy atom. The molecule has 0 radical (unpaired) electrons. The summed E-state index contributed by atoms with van der Waals surface area (Å²) in [5.41, 5.74) is 4.90. The lowest BCUT2D eigenvalue weighted by molar-refractivity contribution is 0.198. The van der Waals surface area contributed by atoms with Crippen LogP contribution >= 0.6 is 0 Å². The van der Waals surface area contributed by atoms with Crippen LogP contribution in [0.25, 0.3) is 0 Å². The topological polar surface area (TPSA) is 83.7 Å². The first-order valence-corrected chi connectivity index (χ1v) is 9.73. The maximum atomic E-state index is 10.6. The Bertz CT molecular complexity index is 469. The van der Waals surface area contributed by atoms with Gasteiger partial charge in [-0.15, -0.1) is 0 Å². The normalized spacial score (nSPS) is 12.0. The largest absolute Gasteiger partial charge is 0.475 e. The Labute approximate surface area is 126 Å². The van der Waals surface area contributed by atoms with Gasteiger partial charge in [0.15, 0.2) is 14.1 Å². The van der Waals surface area contributed by atoms with Gasteiger partial charge in [0.05, 0.1) is 12.8 Å². The van der Waals surface area contributed by atoms with E-state index >= 15 is 0 Å². The molecular weight excluding hydrogens is 288 g/mol. The molecule has 7 heteroatoms. The highest BCUT2D eigenvalue weighted by atomic mass is 28.4. The molecule has 0 aromatic carbocycles. The van der Waals surface area contributed by atoms with Crippen LogP contribution in [0.2, 0.25) is 18.1 Å². The van der Waals surface area contributed by atoms with Gasteiger partial charge < -0.3 is 19.6 Å². The van der Waals surface area contributed by atoms with Crippen LogP contribution in [0.4, 0.5) is 4.79 Å². The van der Waals surface area contributed by atoms with Crippen molar-refractivity contribution in [3.05, 3.63) is 18.3 Å². The fourth-order valence-corrected chi connectivity index (χ4v) is 2.31. The number of rotatable bonds is 6. The van der Waals surface area contributed by atoms with Gasteiger partial charge in [0, 0.05) is 6.07 Å². The van der Waals surface area contributed by atoms with Gasteiger partial charge in [-0.1, -0.05) is 20.8 Å². The van der Waals surface area contributed by atoms with Crippen LogP contribution < -0.4 is 15.2 Å². The van der Waals surface area contributed by atoms with Gasteiger partial charge in [-0.05, 0) is 24.2 Å². The van der Waals surface area contributed by atoms with Crippen LogP contribution in [0.3, 0.4) is 0 Å². The summed E-state index contributed by atoms with van der Waals surface area (Å²) in [6.07, 6.45) is 0.516. The van der Waals surface area contributed by atoms with Gasteiger partial charge in [-0.3, -0.25) is 0 Å². The van der Waals surface area contributed by atoms with E-state index in [2.05, 4.69) is 43.6 Å². The van der Waals surface area contributed by atoms with Crippen LogP contribution in [0, 0.1) is 0 Å². The van der Waals surface area contributed by atoms with Crippen LogP contribution in [-0.4, -0.2) is 32.6 Å². The second-order valence-electron chi connectivity index (χ2n) is 6.21. The predicted molar refractivity (Wildman–Crippen MR) is 83.1 cm³/mol. The molecule has 2 N–H and O–H groups in total. The van der Waals surface area contributed by atoms with E-state index in [-0.39, 0.29) is 10.8 Å². The van der Waals surface area contributed by atoms with Crippen molar-refractivity contribution in [1.29, 1.82) is 0 Å². The number of carbonyl (C=O) groups excluding carboxylic acids is 1. The van der Waals surface area contributed by atoms with Gasteiger partial charge in [-0.25, -0.2) is 9.78 Å². The molecule has 118 valence electrons. The Morgan fingerprint density at radius 1 is 1.29 bits per heavy atom. The third-order valence-corrected chi connectivity index (χ3v) is 8.07. The first-order valence-electron chi connectivity index (χ1n) is 6.82. The van der Waals surface area contributed by atoms with Gasteiger partial charge in [-0.2, -0.15) is 0 Å². The quantitative estimate of drug-likeness (QED) is 0.645. The Morgan fingerprint density at radius 3 is 2.43 bits per heavy atom. The Kier molecular flexibility index (Phi) is 5.74. The van der Waals surface area contributed by atoms with E-state index < -0.39 is 14.4 Å². The number of carbonyl (C=O) groups is 1. The SMILES string of the molecule is CC(C)(C)[Si](C)(C)OCCOc1ccc(OC(N)=O)cn1. The van der Waals surface area contributed by atoms with Crippen LogP contribution in [-0.2, 0) is 4.43 Å². The first kappa shape index (κ1) is 17.4. The fourth-order valence-electron chi connectivity index (χ4n) is 1.29. The minimum absolute atomic E-state index is 0.180. The van der Waals surface area contributed by atoms with Crippen molar-refractivity contribution < 1.29 is 18.7 Å². The maximum absolute atomic E-state index is 10.6. The average molecular weight is 312 g/mol. The molecule has 0 bridgehead atoms. The zero-order valence-electron chi connectivity index (χ0n) is 13.3. The number of nitrogens with zero attached hydrogens (tertiary/aromatic N) is 1. The molecule has 1 aromatic heterocycles. The highest BCUT2D eigenvalue weighted by molar-refractivity contribution is 6.74. The number of nitrogens with two attached hydrogens (primary N) is 1. The molecule has 1 amide bonds. The average Bonchev–Trinajstić information content (AvgIpc) is 2.34. The molecule has 0 saturated heterocycles. The molecule has 21 heavy (non-hydrogen) atoms. The number of ether oxygens (including phenoxy) is 2. The third-order valence-electron chi connectivity index (χ3n) is 3.53. The molecule has 1 rings (SSSR count). The summed E-state index contributed by atoms with van der Waals surface area (Å²) in [7, 11) is -1.74. The molecule has 6 nitrogen and oxygen atoms in total. The van der Waals surface area contributed by atoms with Crippen molar-refractivity contribution in [1.82, 2.24) is 4.98 Å². The van der Waals surface area contributed by atoms with E-state index in [1.165, 1.54) is 6.20 Å². The summed E-state index contributed by atoms with van der Waals surface area (Å²) in [5.74, 6) is 0.734. The second-order valence-corrected chi connectivity index (χ2v) is 11.0. The summed E-state index contributed by atoms with van der Waals surface area (Å²) in [6.45, 7) is 11.9. The van der Waals surface area contributed by atoms with E-state index in [1.54, 1.807) is 12.1 Å². The van der Waals surface area contributed by atoms with Gasteiger partial charge >= 0.3 is 6.09 Å². The summed E-state index contributed by atoms with van der Waals surface area (Å²) >= 11 is 0. The van der Waals surface area contributed by atoms with Crippen molar-refractivity contribution >= 4 is 14.4 Å². The summed E-state index contributed by atoms with van der Waals surface area (Å²) < 4.78 is 16.2. The molecule has 0 aliphatic rings. The summed E-state index contributed by atoms with van der Waals surface area (Å²) in [4.78, 5) is 14.6. The molecule has 0 aliphatic heterocycles. The van der Waals surface area contributed by atoms with E-state index in [1.807, 2.05) is 0 Å². The number of hydrogen-bond acceptors (Lipinski definition) is 5. The van der Waals surface area contributed by atoms with Crippen molar-refractivity contribution in [2.75, 3.05) is 13.2 Å². The van der Waals surface area contributed by atoms with E-state index in [4.69, 9.17) is 14.9 Å². The van der Waals surface area contributed by atoms with Crippen molar-refractivity contribution in [3.8, 4) is 11.6 Å². The Balaban J connectivity index is 2.38. The Hall–Kier alpha value is -1.60. The lowest BCUT2D eigenvalue weighted by atomic mass is 10.2. The minimum atomic E-state index is -1.74. The van der Waals surface area contributed by atoms with E-state index in [0.717, 1.165) is 0 Å². The van der Waals surface area contributed by atoms with E-state index in [9.17, 15) is 4.79 Å². The van der Waals surface area contributed by atoms with Crippen LogP contribution in [0.5, 0.6) is 11.6 Å². The molecule has 0 unspecified atom stereocenters. The fraction of sp³-hybridized carbons (Fsp3) is 0.571. The second kappa shape index (κ2) is 6.90. The number of pyridine rings is 1. The molecule has 1 heterocycles. The lowest BCUT2D eigenvalue weighted by Crippen LogP contribution is -2.41. The van der Waals surface area contributed by atoms with Crippen molar-refractivity contribution in [2.45, 2.75) is 38.9 Å². The molecule has 0 atom stereocenters. The van der Waals surface area contributed by atoms with Crippen molar-refractivity contribution in [3.63, 3.8) is 0 Å². The molecule has 0 aliphatic carbocycles. The number of aromatic nitrogens is 1. The molecule has 0 fully saturated rings. The lowest BCUT2D eigenvalue weighted by Gasteiger charge is -2.36. The van der Waals surface area contributed by atoms with Gasteiger partial charge in [0.25, 0.3) is 0 Å². The zero-order chi connectivity index (χ0) is 16.1. The number of hydrogen-bond donors (Lipinski definition) is 1. The summed E-state index contributed by atoms with van der Waals surface area (Å²) in [6, 6.07) is 3.19. The molecule has 1 aromatic rings. The van der Waals surface area contributed by atoms with Crippen LogP contribution in [0.1, 0.15) is 20.8 Å². The maximum Gasteiger partial charge on any atom is 0.410 e. The monoisotopic (exact) mass is 312 g/mol. The number of primary amides is 1. The molecule has 0 spiro atoms. The minimum Gasteiger partial charge on any atom is -0.475 e. The van der Waals surface area contributed by atoms with Gasteiger partial charge in [0.2, 0.25) is 5.88 Å². The highest BCUT2D eigenvalue weighted by Gasteiger charge is 2.36. The molecular formula is C14H24N2O4Si. The van der Waals surface area contributed by atoms with E-state index in [0.29, 0.717) is 19.1 Å². The van der Waals surface area contributed by atoms with Gasteiger partial charge in [0.1, 0.15) is 6.61 Å². The zero-order valence-corrected chi connectivity index (χ0v) is 14.3. The number of amides is 1. The molecule has 0 saturated carbocycles. The smallest absolute Gasteiger partial charge is 0.410 e. The third kappa shape index (κ3) is 5.72. The highest BCUT2D eigenvalue weighted by Crippen LogP contribution is 2.36. The standard InChI is InChI=1S/C14H24N2O4Si/c1-14(2,3)21(4,5)19-9-8-18-12-7-6-11(10-16-12)20-13(15)17/h6-7,10H,8-9H2,1-5H3,(H2,15,17).